The fourth-order valence-electron chi connectivity index (χ4n) is 5.99. The van der Waals surface area contributed by atoms with Gasteiger partial charge >= 0.3 is 0 Å². The number of carbonyl (C=O) groups is 2. The summed E-state index contributed by atoms with van der Waals surface area (Å²) >= 11 is 5.88. The van der Waals surface area contributed by atoms with E-state index >= 15 is 4.39 Å². The highest BCUT2D eigenvalue weighted by atomic mass is 35.5. The van der Waals surface area contributed by atoms with Gasteiger partial charge in [0.2, 0.25) is 0 Å². The molecule has 2 amide bonds. The van der Waals surface area contributed by atoms with E-state index in [1.54, 1.807) is 17.9 Å². The van der Waals surface area contributed by atoms with Crippen LogP contribution in [0.4, 0.5) is 13.2 Å². The molecule has 1 saturated carbocycles. The van der Waals surface area contributed by atoms with Gasteiger partial charge < -0.3 is 20.1 Å². The topological polar surface area (TPSA) is 105 Å². The average molecular weight is 591 g/mol. The van der Waals surface area contributed by atoms with Crippen LogP contribution in [-0.2, 0) is 10.4 Å². The van der Waals surface area contributed by atoms with Gasteiger partial charge in [-0.3, -0.25) is 14.6 Å². The number of pyridine rings is 2. The summed E-state index contributed by atoms with van der Waals surface area (Å²) in [5.41, 5.74) is -1.87. The van der Waals surface area contributed by atoms with Crippen molar-refractivity contribution in [3.05, 3.63) is 75.1 Å². The summed E-state index contributed by atoms with van der Waals surface area (Å²) in [6.45, 7) is 1.96. The van der Waals surface area contributed by atoms with Crippen LogP contribution < -0.4 is 10.1 Å². The molecule has 0 bridgehead atoms. The highest BCUT2D eigenvalue weighted by Crippen LogP contribution is 2.47. The van der Waals surface area contributed by atoms with E-state index in [0.29, 0.717) is 62.0 Å². The molecule has 1 atom stereocenters. The van der Waals surface area contributed by atoms with Crippen molar-refractivity contribution in [1.82, 2.24) is 20.2 Å². The minimum atomic E-state index is -2.92. The Balaban J connectivity index is 1.30. The molecule has 5 rings (SSSR count). The third-order valence-electron chi connectivity index (χ3n) is 8.01. The second-order valence-corrected chi connectivity index (χ2v) is 11.1. The smallest absolute Gasteiger partial charge is 0.281 e. The average Bonchev–Trinajstić information content (AvgIpc) is 3.17. The summed E-state index contributed by atoms with van der Waals surface area (Å²) in [7, 11) is 1.27. The van der Waals surface area contributed by atoms with Crippen LogP contribution in [0.2, 0.25) is 5.02 Å². The Morgan fingerprint density at radius 1 is 1.29 bits per heavy atom. The van der Waals surface area contributed by atoms with Gasteiger partial charge in [0.25, 0.3) is 24.1 Å². The van der Waals surface area contributed by atoms with Crippen molar-refractivity contribution in [2.24, 2.45) is 5.92 Å². The Bertz CT molecular complexity index is 1440. The SMILES string of the molecule is COc1nc(C)cc(C2(O)C(=O)N(C[C@H]3CC[C@H](NC(=O)c4cc(Cl)cnc4C(F)F)CC3)C3=C2C=CCC3)c1F. The normalized spacial score (nSPS) is 24.2. The standard InChI is InChI=1S/C29H30ClF3N4O4/c1-15-11-21(23(31)27(35-15)41-2)29(40)20-5-3-4-6-22(20)37(28(29)39)14-16-7-9-18(10-8-16)36-26(38)19-12-17(30)13-34-24(19)25(32)33/h3,5,11-13,16,18,25,40H,4,6-10,14H2,1-2H3,(H,36,38)/t16-,18-,29?. The molecule has 12 heteroatoms. The zero-order valence-electron chi connectivity index (χ0n) is 22.6. The van der Waals surface area contributed by atoms with Gasteiger partial charge in [0.1, 0.15) is 5.69 Å². The lowest BCUT2D eigenvalue weighted by molar-refractivity contribution is -0.143. The van der Waals surface area contributed by atoms with Gasteiger partial charge in [-0.1, -0.05) is 23.8 Å². The lowest BCUT2D eigenvalue weighted by Crippen LogP contribution is -2.44. The summed E-state index contributed by atoms with van der Waals surface area (Å²) in [6.07, 6.45) is 5.34. The van der Waals surface area contributed by atoms with Gasteiger partial charge in [-0.2, -0.15) is 0 Å². The van der Waals surface area contributed by atoms with Gasteiger partial charge in [0, 0.05) is 41.3 Å². The fourth-order valence-corrected chi connectivity index (χ4v) is 6.15. The number of rotatable bonds is 7. The van der Waals surface area contributed by atoms with Gasteiger partial charge in [0.15, 0.2) is 11.4 Å². The predicted octanol–water partition coefficient (Wildman–Crippen LogP) is 5.15. The van der Waals surface area contributed by atoms with Crippen LogP contribution in [0, 0.1) is 18.7 Å². The number of aliphatic hydroxyl groups is 1. The highest BCUT2D eigenvalue weighted by Gasteiger charge is 2.54. The number of methoxy groups -OCH3 is 1. The molecule has 2 aromatic rings. The van der Waals surface area contributed by atoms with Crippen molar-refractivity contribution in [3.8, 4) is 5.88 Å². The number of nitrogens with one attached hydrogen (secondary N) is 1. The van der Waals surface area contributed by atoms with E-state index < -0.39 is 35.4 Å². The molecular weight excluding hydrogens is 561 g/mol. The molecule has 0 saturated heterocycles. The lowest BCUT2D eigenvalue weighted by Gasteiger charge is -2.33. The zero-order chi connectivity index (χ0) is 29.5. The molecule has 2 aliphatic carbocycles. The third kappa shape index (κ3) is 5.32. The van der Waals surface area contributed by atoms with Gasteiger partial charge in [-0.05, 0) is 63.5 Å². The number of amides is 2. The van der Waals surface area contributed by atoms with Gasteiger partial charge in [-0.25, -0.2) is 18.2 Å². The number of aryl methyl sites for hydroxylation is 1. The van der Waals surface area contributed by atoms with Crippen molar-refractivity contribution < 1.29 is 32.6 Å². The molecule has 41 heavy (non-hydrogen) atoms. The predicted molar refractivity (Wildman–Crippen MR) is 144 cm³/mol. The molecule has 0 radical (unpaired) electrons. The molecular formula is C29H30ClF3N4O4. The Labute approximate surface area is 240 Å². The van der Waals surface area contributed by atoms with Gasteiger partial charge in [-0.15, -0.1) is 0 Å². The van der Waals surface area contributed by atoms with Crippen LogP contribution in [0.5, 0.6) is 5.88 Å². The Morgan fingerprint density at radius 3 is 2.71 bits per heavy atom. The summed E-state index contributed by atoms with van der Waals surface area (Å²) in [6, 6.07) is 2.31. The molecule has 2 N–H and O–H groups in total. The largest absolute Gasteiger partial charge is 0.479 e. The Kier molecular flexibility index (Phi) is 8.11. The number of carbonyl (C=O) groups excluding carboxylic acids is 2. The molecule has 2 aromatic heterocycles. The monoisotopic (exact) mass is 590 g/mol. The van der Waals surface area contributed by atoms with Gasteiger partial charge in [0.05, 0.1) is 17.7 Å². The van der Waals surface area contributed by atoms with E-state index in [0.717, 1.165) is 6.20 Å². The van der Waals surface area contributed by atoms with Crippen molar-refractivity contribution in [3.63, 3.8) is 0 Å². The summed E-state index contributed by atoms with van der Waals surface area (Å²) in [5, 5.41) is 14.7. The van der Waals surface area contributed by atoms with E-state index in [1.807, 2.05) is 6.08 Å². The number of allylic oxidation sites excluding steroid dienone is 2. The van der Waals surface area contributed by atoms with E-state index in [4.69, 9.17) is 16.3 Å². The number of ether oxygens (including phenoxy) is 1. The molecule has 1 unspecified atom stereocenters. The third-order valence-corrected chi connectivity index (χ3v) is 8.22. The maximum Gasteiger partial charge on any atom is 0.281 e. The minimum Gasteiger partial charge on any atom is -0.479 e. The number of halogens is 4. The van der Waals surface area contributed by atoms with E-state index in [-0.39, 0.29) is 34.0 Å². The Hall–Kier alpha value is -3.44. The molecule has 8 nitrogen and oxygen atoms in total. The molecule has 0 spiro atoms. The van der Waals surface area contributed by atoms with E-state index in [2.05, 4.69) is 15.3 Å². The quantitative estimate of drug-likeness (QED) is 0.462. The lowest BCUT2D eigenvalue weighted by atomic mass is 9.84. The first-order valence-electron chi connectivity index (χ1n) is 13.4. The van der Waals surface area contributed by atoms with Crippen molar-refractivity contribution in [2.75, 3.05) is 13.7 Å². The second kappa shape index (κ2) is 11.4. The first-order valence-corrected chi connectivity index (χ1v) is 13.8. The van der Waals surface area contributed by atoms with Crippen LogP contribution >= 0.6 is 11.6 Å². The highest BCUT2D eigenvalue weighted by molar-refractivity contribution is 6.30. The van der Waals surface area contributed by atoms with Crippen LogP contribution in [0.3, 0.4) is 0 Å². The first-order chi connectivity index (χ1) is 19.5. The van der Waals surface area contributed by atoms with Crippen LogP contribution in [0.25, 0.3) is 0 Å². The Morgan fingerprint density at radius 2 is 2.02 bits per heavy atom. The molecule has 1 fully saturated rings. The molecule has 3 aliphatic rings. The number of aromatic nitrogens is 2. The molecule has 3 heterocycles. The number of alkyl halides is 2. The summed E-state index contributed by atoms with van der Waals surface area (Å²) in [4.78, 5) is 35.8. The number of nitrogens with zero attached hydrogens (tertiary/aromatic N) is 3. The molecule has 218 valence electrons. The first kappa shape index (κ1) is 29.1. The van der Waals surface area contributed by atoms with Crippen molar-refractivity contribution in [2.45, 2.75) is 63.5 Å². The van der Waals surface area contributed by atoms with Crippen molar-refractivity contribution >= 4 is 23.4 Å². The maximum absolute atomic E-state index is 15.4. The molecule has 0 aromatic carbocycles. The van der Waals surface area contributed by atoms with Crippen LogP contribution in [-0.4, -0.2) is 51.5 Å². The van der Waals surface area contributed by atoms with E-state index in [9.17, 15) is 23.5 Å². The van der Waals surface area contributed by atoms with Crippen molar-refractivity contribution in [1.29, 1.82) is 0 Å². The minimum absolute atomic E-state index is 0.0529. The fraction of sp³-hybridized carbons (Fsp3) is 0.448. The maximum atomic E-state index is 15.4. The van der Waals surface area contributed by atoms with Crippen LogP contribution in [0.1, 0.15) is 72.3 Å². The summed E-state index contributed by atoms with van der Waals surface area (Å²) < 4.78 is 47.1. The van der Waals surface area contributed by atoms with E-state index in [1.165, 1.54) is 19.2 Å². The second-order valence-electron chi connectivity index (χ2n) is 10.6. The molecule has 1 aliphatic heterocycles. The number of hydrogen-bond donors (Lipinski definition) is 2. The zero-order valence-corrected chi connectivity index (χ0v) is 23.3. The summed E-state index contributed by atoms with van der Waals surface area (Å²) in [5.74, 6) is -2.41. The van der Waals surface area contributed by atoms with Crippen LogP contribution in [0.15, 0.2) is 41.8 Å². The number of hydrogen-bond acceptors (Lipinski definition) is 6.